The molecule has 1 aromatic heterocycles. The van der Waals surface area contributed by atoms with Crippen LogP contribution in [0.25, 0.3) is 0 Å². The fraction of sp³-hybridized carbons (Fsp3) is 0.286. The smallest absolute Gasteiger partial charge is 0.224 e. The minimum atomic E-state index is 0.660. The summed E-state index contributed by atoms with van der Waals surface area (Å²) in [5.74, 6) is 1.46. The van der Waals surface area contributed by atoms with E-state index in [1.165, 1.54) is 4.90 Å². The van der Waals surface area contributed by atoms with Crippen molar-refractivity contribution in [1.82, 2.24) is 9.97 Å². The van der Waals surface area contributed by atoms with E-state index in [0.717, 1.165) is 24.5 Å². The summed E-state index contributed by atoms with van der Waals surface area (Å²) in [6, 6.07) is 10.1. The first-order valence-corrected chi connectivity index (χ1v) is 7.52. The van der Waals surface area contributed by atoms with Crippen molar-refractivity contribution >= 4 is 29.2 Å². The monoisotopic (exact) mass is 274 g/mol. The molecule has 100 valence electrons. The molecule has 5 heteroatoms. The highest BCUT2D eigenvalue weighted by Crippen LogP contribution is 2.21. The molecule has 4 nitrogen and oxygen atoms in total. The highest BCUT2D eigenvalue weighted by Gasteiger charge is 2.00. The van der Waals surface area contributed by atoms with Crippen LogP contribution in [-0.4, -0.2) is 22.8 Å². The maximum Gasteiger partial charge on any atom is 0.224 e. The lowest BCUT2D eigenvalue weighted by atomic mass is 10.3. The van der Waals surface area contributed by atoms with Gasteiger partial charge in [0.05, 0.1) is 0 Å². The molecule has 0 radical (unpaired) electrons. The van der Waals surface area contributed by atoms with E-state index in [2.05, 4.69) is 45.9 Å². The first kappa shape index (κ1) is 13.7. The molecule has 0 saturated carbocycles. The van der Waals surface area contributed by atoms with Crippen LogP contribution in [0.15, 0.2) is 41.4 Å². The molecule has 2 rings (SSSR count). The molecule has 2 N–H and O–H groups in total. The molecule has 1 heterocycles. The molecule has 0 fully saturated rings. The third kappa shape index (κ3) is 4.13. The van der Waals surface area contributed by atoms with Gasteiger partial charge >= 0.3 is 0 Å². The Kier molecular flexibility index (Phi) is 5.03. The quantitative estimate of drug-likeness (QED) is 0.785. The van der Waals surface area contributed by atoms with Crippen molar-refractivity contribution in [2.24, 2.45) is 0 Å². The molecule has 0 aliphatic rings. The van der Waals surface area contributed by atoms with Crippen LogP contribution in [0, 0.1) is 0 Å². The molecule has 0 aliphatic carbocycles. The summed E-state index contributed by atoms with van der Waals surface area (Å²) in [7, 11) is 0. The van der Waals surface area contributed by atoms with Gasteiger partial charge in [0.15, 0.2) is 0 Å². The van der Waals surface area contributed by atoms with Crippen molar-refractivity contribution in [1.29, 1.82) is 0 Å². The number of benzene rings is 1. The summed E-state index contributed by atoms with van der Waals surface area (Å²) < 4.78 is 0. The van der Waals surface area contributed by atoms with Crippen LogP contribution < -0.4 is 10.6 Å². The van der Waals surface area contributed by atoms with E-state index < -0.39 is 0 Å². The van der Waals surface area contributed by atoms with Crippen LogP contribution in [-0.2, 0) is 0 Å². The fourth-order valence-corrected chi connectivity index (χ4v) is 2.06. The zero-order valence-electron chi connectivity index (χ0n) is 11.2. The normalized spacial score (nSPS) is 10.2. The second-order valence-electron chi connectivity index (χ2n) is 4.05. The molecule has 1 aromatic carbocycles. The maximum atomic E-state index is 4.42. The third-order valence-corrected chi connectivity index (χ3v) is 3.26. The van der Waals surface area contributed by atoms with Gasteiger partial charge in [0.2, 0.25) is 5.95 Å². The molecule has 0 atom stereocenters. The van der Waals surface area contributed by atoms with Gasteiger partial charge in [-0.25, -0.2) is 4.98 Å². The number of rotatable bonds is 6. The van der Waals surface area contributed by atoms with Crippen molar-refractivity contribution in [2.75, 3.05) is 23.4 Å². The standard InChI is InChI=1S/C14H18N4S/c1-3-8-15-14-16-9-7-13(18-14)17-11-5-4-6-12(10-11)19-2/h4-7,9-10H,3,8H2,1-2H3,(H2,15,16,17,18). The molecule has 2 aromatic rings. The van der Waals surface area contributed by atoms with Crippen LogP contribution >= 0.6 is 11.8 Å². The van der Waals surface area contributed by atoms with E-state index in [0.29, 0.717) is 5.95 Å². The highest BCUT2D eigenvalue weighted by molar-refractivity contribution is 7.98. The predicted octanol–water partition coefficient (Wildman–Crippen LogP) is 3.76. The summed E-state index contributed by atoms with van der Waals surface area (Å²) >= 11 is 1.72. The Hall–Kier alpha value is -1.75. The number of aromatic nitrogens is 2. The van der Waals surface area contributed by atoms with Crippen molar-refractivity contribution in [3.05, 3.63) is 36.5 Å². The summed E-state index contributed by atoms with van der Waals surface area (Å²) in [5.41, 5.74) is 1.03. The van der Waals surface area contributed by atoms with Crippen LogP contribution in [0.4, 0.5) is 17.5 Å². The Morgan fingerprint density at radius 2 is 2.16 bits per heavy atom. The van der Waals surface area contributed by atoms with Crippen LogP contribution in [0.2, 0.25) is 0 Å². The van der Waals surface area contributed by atoms with E-state index in [1.54, 1.807) is 18.0 Å². The average molecular weight is 274 g/mol. The summed E-state index contributed by atoms with van der Waals surface area (Å²) in [6.07, 6.45) is 4.87. The topological polar surface area (TPSA) is 49.8 Å². The second-order valence-corrected chi connectivity index (χ2v) is 4.93. The summed E-state index contributed by atoms with van der Waals surface area (Å²) in [5, 5.41) is 6.47. The van der Waals surface area contributed by atoms with E-state index in [9.17, 15) is 0 Å². The van der Waals surface area contributed by atoms with E-state index >= 15 is 0 Å². The largest absolute Gasteiger partial charge is 0.354 e. The van der Waals surface area contributed by atoms with Crippen molar-refractivity contribution < 1.29 is 0 Å². The number of anilines is 3. The lowest BCUT2D eigenvalue weighted by Crippen LogP contribution is -2.05. The molecule has 0 saturated heterocycles. The van der Waals surface area contributed by atoms with E-state index in [4.69, 9.17) is 0 Å². The summed E-state index contributed by atoms with van der Waals surface area (Å²) in [4.78, 5) is 9.83. The lowest BCUT2D eigenvalue weighted by Gasteiger charge is -2.08. The molecule has 19 heavy (non-hydrogen) atoms. The van der Waals surface area contributed by atoms with Crippen LogP contribution in [0.3, 0.4) is 0 Å². The minimum absolute atomic E-state index is 0.660. The molecule has 0 amide bonds. The number of hydrogen-bond acceptors (Lipinski definition) is 5. The molecule has 0 bridgehead atoms. The van der Waals surface area contributed by atoms with Gasteiger partial charge in [0, 0.05) is 23.3 Å². The average Bonchev–Trinajstić information content (AvgIpc) is 2.46. The van der Waals surface area contributed by atoms with Gasteiger partial charge < -0.3 is 10.6 Å². The van der Waals surface area contributed by atoms with E-state index in [-0.39, 0.29) is 0 Å². The number of thioether (sulfide) groups is 1. The predicted molar refractivity (Wildman–Crippen MR) is 82.3 cm³/mol. The van der Waals surface area contributed by atoms with Gasteiger partial charge in [-0.05, 0) is 36.9 Å². The molecule has 0 aliphatic heterocycles. The first-order valence-electron chi connectivity index (χ1n) is 6.30. The van der Waals surface area contributed by atoms with E-state index in [1.807, 2.05) is 18.2 Å². The number of nitrogens with one attached hydrogen (secondary N) is 2. The Morgan fingerprint density at radius 1 is 1.26 bits per heavy atom. The third-order valence-electron chi connectivity index (χ3n) is 2.53. The highest BCUT2D eigenvalue weighted by atomic mass is 32.2. The van der Waals surface area contributed by atoms with Gasteiger partial charge in [0.25, 0.3) is 0 Å². The zero-order valence-corrected chi connectivity index (χ0v) is 12.0. The SMILES string of the molecule is CCCNc1nccc(Nc2cccc(SC)c2)n1. The van der Waals surface area contributed by atoms with Crippen LogP contribution in [0.1, 0.15) is 13.3 Å². The fourth-order valence-electron chi connectivity index (χ4n) is 1.60. The molecule has 0 spiro atoms. The van der Waals surface area contributed by atoms with Gasteiger partial charge in [-0.15, -0.1) is 11.8 Å². The second kappa shape index (κ2) is 6.99. The van der Waals surface area contributed by atoms with Crippen molar-refractivity contribution in [3.63, 3.8) is 0 Å². The number of hydrogen-bond donors (Lipinski definition) is 2. The molecular formula is C14H18N4S. The van der Waals surface area contributed by atoms with Gasteiger partial charge in [-0.3, -0.25) is 0 Å². The Labute approximate surface area is 118 Å². The molecular weight excluding hydrogens is 256 g/mol. The maximum absolute atomic E-state index is 4.42. The Balaban J connectivity index is 2.09. The summed E-state index contributed by atoms with van der Waals surface area (Å²) in [6.45, 7) is 2.99. The van der Waals surface area contributed by atoms with Gasteiger partial charge in [0.1, 0.15) is 5.82 Å². The first-order chi connectivity index (χ1) is 9.31. The molecule has 0 unspecified atom stereocenters. The van der Waals surface area contributed by atoms with Crippen LogP contribution in [0.5, 0.6) is 0 Å². The minimum Gasteiger partial charge on any atom is -0.354 e. The zero-order chi connectivity index (χ0) is 13.5. The Morgan fingerprint density at radius 3 is 2.95 bits per heavy atom. The number of nitrogens with zero attached hydrogens (tertiary/aromatic N) is 2. The van der Waals surface area contributed by atoms with Crippen molar-refractivity contribution in [3.8, 4) is 0 Å². The lowest BCUT2D eigenvalue weighted by molar-refractivity contribution is 0.953. The van der Waals surface area contributed by atoms with Gasteiger partial charge in [-0.1, -0.05) is 13.0 Å². The van der Waals surface area contributed by atoms with Gasteiger partial charge in [-0.2, -0.15) is 4.98 Å². The van der Waals surface area contributed by atoms with Crippen molar-refractivity contribution in [2.45, 2.75) is 18.2 Å². The Bertz CT molecular complexity index is 530.